The van der Waals surface area contributed by atoms with Crippen LogP contribution in [0.2, 0.25) is 0 Å². The Bertz CT molecular complexity index is 304. The van der Waals surface area contributed by atoms with Crippen molar-refractivity contribution in [2.45, 2.75) is 24.8 Å². The van der Waals surface area contributed by atoms with Gasteiger partial charge in [-0.3, -0.25) is 0 Å². The maximum atomic E-state index is 6.05. The Morgan fingerprint density at radius 3 is 2.79 bits per heavy atom. The van der Waals surface area contributed by atoms with Crippen LogP contribution in [0.3, 0.4) is 0 Å². The van der Waals surface area contributed by atoms with E-state index in [4.69, 9.17) is 5.73 Å². The molecule has 1 fully saturated rings. The van der Waals surface area contributed by atoms with Gasteiger partial charge in [-0.2, -0.15) is 0 Å². The second-order valence-corrected chi connectivity index (χ2v) is 4.10. The molecule has 0 bridgehead atoms. The lowest BCUT2D eigenvalue weighted by Gasteiger charge is -2.07. The molecular formula is C13H17N. The minimum Gasteiger partial charge on any atom is -0.327 e. The van der Waals surface area contributed by atoms with E-state index in [2.05, 4.69) is 36.9 Å². The van der Waals surface area contributed by atoms with E-state index < -0.39 is 0 Å². The van der Waals surface area contributed by atoms with Crippen molar-refractivity contribution in [1.29, 1.82) is 0 Å². The van der Waals surface area contributed by atoms with Gasteiger partial charge in [0.05, 0.1) is 0 Å². The molecule has 1 aliphatic rings. The molecule has 0 spiro atoms. The molecule has 2 N–H and O–H groups in total. The first-order chi connectivity index (χ1) is 6.83. The fourth-order valence-corrected chi connectivity index (χ4v) is 2.14. The molecule has 0 aliphatic heterocycles. The van der Waals surface area contributed by atoms with Gasteiger partial charge in [-0.1, -0.05) is 36.4 Å². The second-order valence-electron chi connectivity index (χ2n) is 4.10. The van der Waals surface area contributed by atoms with Gasteiger partial charge in [-0.25, -0.2) is 0 Å². The van der Waals surface area contributed by atoms with Gasteiger partial charge in [0.25, 0.3) is 0 Å². The first-order valence-corrected chi connectivity index (χ1v) is 5.24. The van der Waals surface area contributed by atoms with Gasteiger partial charge >= 0.3 is 0 Å². The van der Waals surface area contributed by atoms with Crippen LogP contribution in [0.15, 0.2) is 43.0 Å². The summed E-state index contributed by atoms with van der Waals surface area (Å²) in [5.74, 6) is 1.38. The SMILES string of the molecule is C=CCC(N)C1CC1c1ccccc1. The van der Waals surface area contributed by atoms with Gasteiger partial charge in [0.1, 0.15) is 0 Å². The van der Waals surface area contributed by atoms with Crippen LogP contribution in [0.5, 0.6) is 0 Å². The molecule has 74 valence electrons. The van der Waals surface area contributed by atoms with Crippen molar-refractivity contribution in [1.82, 2.24) is 0 Å². The van der Waals surface area contributed by atoms with Gasteiger partial charge in [-0.05, 0) is 30.2 Å². The van der Waals surface area contributed by atoms with Gasteiger partial charge in [0.2, 0.25) is 0 Å². The lowest BCUT2D eigenvalue weighted by molar-refractivity contribution is 0.588. The van der Waals surface area contributed by atoms with Crippen molar-refractivity contribution in [3.05, 3.63) is 48.6 Å². The smallest absolute Gasteiger partial charge is 0.0108 e. The highest BCUT2D eigenvalue weighted by Gasteiger charge is 2.41. The van der Waals surface area contributed by atoms with Gasteiger partial charge < -0.3 is 5.73 Å². The van der Waals surface area contributed by atoms with Crippen LogP contribution >= 0.6 is 0 Å². The lowest BCUT2D eigenvalue weighted by atomic mass is 10.0. The molecule has 0 amide bonds. The summed E-state index contributed by atoms with van der Waals surface area (Å²) in [7, 11) is 0. The van der Waals surface area contributed by atoms with Crippen molar-refractivity contribution in [2.75, 3.05) is 0 Å². The van der Waals surface area contributed by atoms with Crippen LogP contribution in [0.4, 0.5) is 0 Å². The standard InChI is InChI=1S/C13H17N/c1-2-6-13(14)12-9-11(12)10-7-4-3-5-8-10/h2-5,7-8,11-13H,1,6,9,14H2. The molecule has 14 heavy (non-hydrogen) atoms. The maximum absolute atomic E-state index is 6.05. The Balaban J connectivity index is 1.96. The molecule has 0 saturated heterocycles. The van der Waals surface area contributed by atoms with E-state index in [9.17, 15) is 0 Å². The molecule has 3 atom stereocenters. The molecule has 0 heterocycles. The molecule has 1 nitrogen and oxygen atoms in total. The van der Waals surface area contributed by atoms with Crippen LogP contribution in [0, 0.1) is 5.92 Å². The highest BCUT2D eigenvalue weighted by Crippen LogP contribution is 2.49. The van der Waals surface area contributed by atoms with Crippen LogP contribution in [0.25, 0.3) is 0 Å². The van der Waals surface area contributed by atoms with Crippen LogP contribution in [0.1, 0.15) is 24.3 Å². The van der Waals surface area contributed by atoms with E-state index in [0.717, 1.165) is 6.42 Å². The minimum absolute atomic E-state index is 0.303. The Labute approximate surface area is 85.6 Å². The predicted molar refractivity (Wildman–Crippen MR) is 60.1 cm³/mol. The third-order valence-corrected chi connectivity index (χ3v) is 3.06. The average molecular weight is 187 g/mol. The Morgan fingerprint density at radius 1 is 1.43 bits per heavy atom. The summed E-state index contributed by atoms with van der Waals surface area (Å²) in [6.07, 6.45) is 4.11. The molecule has 1 saturated carbocycles. The summed E-state index contributed by atoms with van der Waals surface area (Å²) in [5, 5.41) is 0. The summed E-state index contributed by atoms with van der Waals surface area (Å²) in [5.41, 5.74) is 7.49. The van der Waals surface area contributed by atoms with E-state index in [-0.39, 0.29) is 0 Å². The molecule has 3 unspecified atom stereocenters. The third kappa shape index (κ3) is 1.88. The number of hydrogen-bond donors (Lipinski definition) is 1. The average Bonchev–Trinajstić information content (AvgIpc) is 2.99. The van der Waals surface area contributed by atoms with Crippen molar-refractivity contribution in [2.24, 2.45) is 11.7 Å². The Morgan fingerprint density at radius 2 is 2.14 bits per heavy atom. The predicted octanol–water partition coefficient (Wildman–Crippen LogP) is 2.69. The summed E-state index contributed by atoms with van der Waals surface area (Å²) < 4.78 is 0. The molecular weight excluding hydrogens is 170 g/mol. The first kappa shape index (κ1) is 9.47. The number of benzene rings is 1. The van der Waals surface area contributed by atoms with Gasteiger partial charge in [-0.15, -0.1) is 6.58 Å². The number of nitrogens with two attached hydrogens (primary N) is 1. The van der Waals surface area contributed by atoms with Crippen LogP contribution in [-0.2, 0) is 0 Å². The molecule has 2 rings (SSSR count). The monoisotopic (exact) mass is 187 g/mol. The molecule has 1 heteroatoms. The highest BCUT2D eigenvalue weighted by molar-refractivity contribution is 5.26. The molecule has 1 aromatic carbocycles. The Kier molecular flexibility index (Phi) is 2.69. The van der Waals surface area contributed by atoms with Crippen molar-refractivity contribution in [3.63, 3.8) is 0 Å². The fraction of sp³-hybridized carbons (Fsp3) is 0.385. The summed E-state index contributed by atoms with van der Waals surface area (Å²) in [6, 6.07) is 11.0. The van der Waals surface area contributed by atoms with Crippen LogP contribution in [-0.4, -0.2) is 6.04 Å². The molecule has 1 aliphatic carbocycles. The second kappa shape index (κ2) is 3.97. The van der Waals surface area contributed by atoms with Gasteiger partial charge in [0, 0.05) is 6.04 Å². The lowest BCUT2D eigenvalue weighted by Crippen LogP contribution is -2.22. The molecule has 1 aromatic rings. The van der Waals surface area contributed by atoms with Crippen molar-refractivity contribution >= 4 is 0 Å². The highest BCUT2D eigenvalue weighted by atomic mass is 14.7. The van der Waals surface area contributed by atoms with Gasteiger partial charge in [0.15, 0.2) is 0 Å². The third-order valence-electron chi connectivity index (χ3n) is 3.06. The number of hydrogen-bond acceptors (Lipinski definition) is 1. The van der Waals surface area contributed by atoms with E-state index in [1.54, 1.807) is 0 Å². The van der Waals surface area contributed by atoms with Crippen LogP contribution < -0.4 is 5.73 Å². The molecule has 0 radical (unpaired) electrons. The normalized spacial score (nSPS) is 26.9. The van der Waals surface area contributed by atoms with E-state index in [0.29, 0.717) is 17.9 Å². The van der Waals surface area contributed by atoms with E-state index in [1.807, 2.05) is 6.08 Å². The zero-order valence-corrected chi connectivity index (χ0v) is 8.39. The van der Waals surface area contributed by atoms with Crippen molar-refractivity contribution in [3.8, 4) is 0 Å². The van der Waals surface area contributed by atoms with Crippen molar-refractivity contribution < 1.29 is 0 Å². The number of rotatable bonds is 4. The summed E-state index contributed by atoms with van der Waals surface area (Å²) in [4.78, 5) is 0. The topological polar surface area (TPSA) is 26.0 Å². The zero-order chi connectivity index (χ0) is 9.97. The van der Waals surface area contributed by atoms with E-state index in [1.165, 1.54) is 12.0 Å². The Hall–Kier alpha value is -1.08. The quantitative estimate of drug-likeness (QED) is 0.721. The zero-order valence-electron chi connectivity index (χ0n) is 8.39. The fourth-order valence-electron chi connectivity index (χ4n) is 2.14. The minimum atomic E-state index is 0.303. The molecule has 0 aromatic heterocycles. The summed E-state index contributed by atoms with van der Waals surface area (Å²) >= 11 is 0. The largest absolute Gasteiger partial charge is 0.327 e. The van der Waals surface area contributed by atoms with E-state index >= 15 is 0 Å². The first-order valence-electron chi connectivity index (χ1n) is 5.24. The maximum Gasteiger partial charge on any atom is 0.0108 e. The summed E-state index contributed by atoms with van der Waals surface area (Å²) in [6.45, 7) is 3.73.